The molecule has 1 nitrogen and oxygen atoms in total. The van der Waals surface area contributed by atoms with E-state index < -0.39 is 0 Å². The van der Waals surface area contributed by atoms with E-state index in [-0.39, 0.29) is 5.78 Å². The van der Waals surface area contributed by atoms with Crippen LogP contribution in [0.3, 0.4) is 0 Å². The third-order valence-electron chi connectivity index (χ3n) is 2.19. The molecule has 0 amide bonds. The second kappa shape index (κ2) is 6.57. The van der Waals surface area contributed by atoms with Gasteiger partial charge in [0.1, 0.15) is 0 Å². The van der Waals surface area contributed by atoms with Gasteiger partial charge in [0.15, 0.2) is 5.78 Å². The highest BCUT2D eigenvalue weighted by molar-refractivity contribution is 6.10. The van der Waals surface area contributed by atoms with Gasteiger partial charge in [-0.3, -0.25) is 4.79 Å². The monoisotopic (exact) mass is 212 g/mol. The summed E-state index contributed by atoms with van der Waals surface area (Å²) in [6.07, 6.45) is 9.36. The van der Waals surface area contributed by atoms with Crippen LogP contribution >= 0.6 is 0 Å². The Bertz CT molecular complexity index is 422. The molecule has 16 heavy (non-hydrogen) atoms. The molecule has 1 heteroatoms. The fourth-order valence-electron chi connectivity index (χ4n) is 1.33. The zero-order valence-electron chi connectivity index (χ0n) is 9.68. The highest BCUT2D eigenvalue weighted by Crippen LogP contribution is 2.09. The first-order chi connectivity index (χ1) is 7.79. The van der Waals surface area contributed by atoms with Gasteiger partial charge in [0.2, 0.25) is 0 Å². The molecule has 0 spiro atoms. The van der Waals surface area contributed by atoms with Crippen LogP contribution in [0.1, 0.15) is 24.2 Å². The minimum absolute atomic E-state index is 0.0591. The first kappa shape index (κ1) is 12.2. The van der Waals surface area contributed by atoms with Crippen molar-refractivity contribution in [2.24, 2.45) is 0 Å². The summed E-state index contributed by atoms with van der Waals surface area (Å²) >= 11 is 0. The lowest BCUT2D eigenvalue weighted by atomic mass is 10.0. The van der Waals surface area contributed by atoms with Crippen LogP contribution in [0.5, 0.6) is 0 Å². The van der Waals surface area contributed by atoms with Crippen LogP contribution in [0.25, 0.3) is 0 Å². The molecule has 0 bridgehead atoms. The van der Waals surface area contributed by atoms with Crippen LogP contribution < -0.4 is 0 Å². The van der Waals surface area contributed by atoms with E-state index in [1.165, 1.54) is 0 Å². The third-order valence-corrected chi connectivity index (χ3v) is 2.19. The molecular weight excluding hydrogens is 196 g/mol. The van der Waals surface area contributed by atoms with Gasteiger partial charge in [-0.1, -0.05) is 60.7 Å². The molecule has 0 saturated heterocycles. The minimum atomic E-state index is 0.0591. The van der Waals surface area contributed by atoms with Gasteiger partial charge in [-0.15, -0.1) is 0 Å². The van der Waals surface area contributed by atoms with Gasteiger partial charge >= 0.3 is 0 Å². The number of hydrogen-bond acceptors (Lipinski definition) is 1. The van der Waals surface area contributed by atoms with E-state index in [0.717, 1.165) is 5.56 Å². The van der Waals surface area contributed by atoms with Crippen LogP contribution in [-0.4, -0.2) is 5.78 Å². The van der Waals surface area contributed by atoms with Crippen LogP contribution in [0.4, 0.5) is 0 Å². The number of allylic oxidation sites excluding steroid dienone is 6. The molecular formula is C15H16O. The van der Waals surface area contributed by atoms with E-state index >= 15 is 0 Å². The molecule has 0 heterocycles. The second-order valence-corrected chi connectivity index (χ2v) is 3.32. The Morgan fingerprint density at radius 2 is 1.75 bits per heavy atom. The summed E-state index contributed by atoms with van der Waals surface area (Å²) in [5.74, 6) is 0.0591. The molecule has 1 rings (SSSR count). The number of ketones is 1. The highest BCUT2D eigenvalue weighted by Gasteiger charge is 2.07. The molecule has 0 aliphatic rings. The lowest BCUT2D eigenvalue weighted by Crippen LogP contribution is -2.00. The van der Waals surface area contributed by atoms with E-state index in [2.05, 4.69) is 0 Å². The lowest BCUT2D eigenvalue weighted by molar-refractivity contribution is 0.103. The van der Waals surface area contributed by atoms with Crippen molar-refractivity contribution in [1.29, 1.82) is 0 Å². The Kier molecular flexibility index (Phi) is 5.00. The van der Waals surface area contributed by atoms with E-state index in [1.807, 2.05) is 74.6 Å². The zero-order chi connectivity index (χ0) is 11.8. The number of rotatable bonds is 4. The van der Waals surface area contributed by atoms with Crippen LogP contribution in [0.2, 0.25) is 0 Å². The molecule has 0 saturated carbocycles. The molecule has 0 atom stereocenters. The SMILES string of the molecule is C\C=C/C=C\C(=C/C)C(=O)c1ccccc1. The number of carbonyl (C=O) groups is 1. The molecule has 0 radical (unpaired) electrons. The van der Waals surface area contributed by atoms with Gasteiger partial charge in [-0.2, -0.15) is 0 Å². The minimum Gasteiger partial charge on any atom is -0.289 e. The van der Waals surface area contributed by atoms with E-state index in [4.69, 9.17) is 0 Å². The molecule has 82 valence electrons. The van der Waals surface area contributed by atoms with Gasteiger partial charge in [-0.05, 0) is 13.8 Å². The standard InChI is InChI=1S/C15H16O/c1-3-5-7-10-13(4-2)15(16)14-11-8-6-9-12-14/h3-12H,1-2H3/b5-3-,10-7-,13-4+. The van der Waals surface area contributed by atoms with E-state index in [9.17, 15) is 4.79 Å². The average Bonchev–Trinajstić information content (AvgIpc) is 2.35. The topological polar surface area (TPSA) is 17.1 Å². The zero-order valence-corrected chi connectivity index (χ0v) is 9.68. The third kappa shape index (κ3) is 3.35. The molecule has 0 aliphatic heterocycles. The number of Topliss-reactive ketones (excluding diaryl/α,β-unsaturated/α-hetero) is 1. The summed E-state index contributed by atoms with van der Waals surface area (Å²) in [5.41, 5.74) is 1.44. The predicted octanol–water partition coefficient (Wildman–Crippen LogP) is 3.95. The molecule has 0 aromatic heterocycles. The van der Waals surface area contributed by atoms with E-state index in [0.29, 0.717) is 5.57 Å². The summed E-state index contributed by atoms with van der Waals surface area (Å²) in [6.45, 7) is 3.81. The van der Waals surface area contributed by atoms with Crippen molar-refractivity contribution in [3.8, 4) is 0 Å². The summed E-state index contributed by atoms with van der Waals surface area (Å²) in [6, 6.07) is 9.30. The average molecular weight is 212 g/mol. The Balaban J connectivity index is 2.88. The van der Waals surface area contributed by atoms with Crippen molar-refractivity contribution in [2.75, 3.05) is 0 Å². The number of benzene rings is 1. The largest absolute Gasteiger partial charge is 0.289 e. The summed E-state index contributed by atoms with van der Waals surface area (Å²) in [7, 11) is 0. The van der Waals surface area contributed by atoms with Gasteiger partial charge < -0.3 is 0 Å². The molecule has 0 aliphatic carbocycles. The molecule has 1 aromatic rings. The molecule has 0 fully saturated rings. The molecule has 0 N–H and O–H groups in total. The second-order valence-electron chi connectivity index (χ2n) is 3.32. The molecule has 0 unspecified atom stereocenters. The van der Waals surface area contributed by atoms with Gasteiger partial charge in [0.05, 0.1) is 0 Å². The van der Waals surface area contributed by atoms with Crippen molar-refractivity contribution < 1.29 is 4.79 Å². The van der Waals surface area contributed by atoms with Crippen molar-refractivity contribution in [2.45, 2.75) is 13.8 Å². The van der Waals surface area contributed by atoms with Gasteiger partial charge in [-0.25, -0.2) is 0 Å². The van der Waals surface area contributed by atoms with Crippen molar-refractivity contribution in [3.05, 3.63) is 71.8 Å². The van der Waals surface area contributed by atoms with Gasteiger partial charge in [0, 0.05) is 11.1 Å². The summed E-state index contributed by atoms with van der Waals surface area (Å²) in [4.78, 5) is 12.0. The van der Waals surface area contributed by atoms with Crippen LogP contribution in [0, 0.1) is 0 Å². The fraction of sp³-hybridized carbons (Fsp3) is 0.133. The van der Waals surface area contributed by atoms with Crippen molar-refractivity contribution >= 4 is 5.78 Å². The number of carbonyl (C=O) groups excluding carboxylic acids is 1. The quantitative estimate of drug-likeness (QED) is 0.419. The smallest absolute Gasteiger partial charge is 0.192 e. The van der Waals surface area contributed by atoms with E-state index in [1.54, 1.807) is 0 Å². The summed E-state index contributed by atoms with van der Waals surface area (Å²) in [5, 5.41) is 0. The first-order valence-corrected chi connectivity index (χ1v) is 5.35. The Hall–Kier alpha value is -1.89. The normalized spacial score (nSPS) is 12.5. The summed E-state index contributed by atoms with van der Waals surface area (Å²) < 4.78 is 0. The predicted molar refractivity (Wildman–Crippen MR) is 68.5 cm³/mol. The Morgan fingerprint density at radius 3 is 2.31 bits per heavy atom. The van der Waals surface area contributed by atoms with Crippen LogP contribution in [0.15, 0.2) is 66.3 Å². The van der Waals surface area contributed by atoms with Crippen molar-refractivity contribution in [3.63, 3.8) is 0 Å². The lowest BCUT2D eigenvalue weighted by Gasteiger charge is -2.00. The first-order valence-electron chi connectivity index (χ1n) is 5.35. The molecule has 1 aromatic carbocycles. The van der Waals surface area contributed by atoms with Crippen molar-refractivity contribution in [1.82, 2.24) is 0 Å². The van der Waals surface area contributed by atoms with Crippen LogP contribution in [-0.2, 0) is 0 Å². The maximum absolute atomic E-state index is 12.0. The highest BCUT2D eigenvalue weighted by atomic mass is 16.1. The maximum atomic E-state index is 12.0. The maximum Gasteiger partial charge on any atom is 0.192 e. The van der Waals surface area contributed by atoms with Gasteiger partial charge in [0.25, 0.3) is 0 Å². The Morgan fingerprint density at radius 1 is 1.06 bits per heavy atom. The Labute approximate surface area is 96.8 Å². The number of hydrogen-bond donors (Lipinski definition) is 0. The fourth-order valence-corrected chi connectivity index (χ4v) is 1.33.